The molecule has 72 valence electrons. The Morgan fingerprint density at radius 2 is 2.38 bits per heavy atom. The lowest BCUT2D eigenvalue weighted by molar-refractivity contribution is -0.147. The average Bonchev–Trinajstić information content (AvgIpc) is 2.59. The molecular weight excluding hydrogens is 168 g/mol. The first-order valence-corrected chi connectivity index (χ1v) is 4.45. The van der Waals surface area contributed by atoms with Crippen LogP contribution in [0.25, 0.3) is 0 Å². The van der Waals surface area contributed by atoms with Gasteiger partial charge in [-0.3, -0.25) is 4.68 Å². The maximum absolute atomic E-state index is 11.4. The summed E-state index contributed by atoms with van der Waals surface area (Å²) in [6, 6.07) is 1.51. The summed E-state index contributed by atoms with van der Waals surface area (Å²) in [6.45, 7) is 4.15. The Kier molecular flexibility index (Phi) is 3.49. The van der Waals surface area contributed by atoms with Gasteiger partial charge in [0.05, 0.1) is 6.61 Å². The highest BCUT2D eigenvalue weighted by Crippen LogP contribution is 2.11. The molecule has 1 atom stereocenters. The van der Waals surface area contributed by atoms with Crippen molar-refractivity contribution in [2.45, 2.75) is 26.3 Å². The standard InChI is InChI=1S/C9H14N2O2/c1-3-8(9(12)13-4-2)11-7-5-6-10-11/h5-8H,3-4H2,1-2H3. The number of esters is 1. The van der Waals surface area contributed by atoms with Crippen molar-refractivity contribution in [3.8, 4) is 0 Å². The Bertz CT molecular complexity index is 257. The summed E-state index contributed by atoms with van der Waals surface area (Å²) in [5.74, 6) is -0.214. The summed E-state index contributed by atoms with van der Waals surface area (Å²) in [6.07, 6.45) is 4.12. The van der Waals surface area contributed by atoms with Crippen molar-refractivity contribution in [2.24, 2.45) is 0 Å². The van der Waals surface area contributed by atoms with E-state index in [4.69, 9.17) is 4.74 Å². The van der Waals surface area contributed by atoms with Crippen LogP contribution in [0.5, 0.6) is 0 Å². The zero-order valence-electron chi connectivity index (χ0n) is 7.93. The molecule has 1 heterocycles. The fraction of sp³-hybridized carbons (Fsp3) is 0.556. The molecule has 1 unspecified atom stereocenters. The Labute approximate surface area is 77.5 Å². The number of ether oxygens (including phenoxy) is 1. The molecule has 0 radical (unpaired) electrons. The summed E-state index contributed by atoms with van der Waals surface area (Å²) in [5, 5.41) is 4.01. The molecule has 4 nitrogen and oxygen atoms in total. The highest BCUT2D eigenvalue weighted by atomic mass is 16.5. The predicted molar refractivity (Wildman–Crippen MR) is 48.2 cm³/mol. The van der Waals surface area contributed by atoms with Crippen LogP contribution < -0.4 is 0 Å². The molecule has 0 aromatic carbocycles. The summed E-state index contributed by atoms with van der Waals surface area (Å²) in [7, 11) is 0. The van der Waals surface area contributed by atoms with Gasteiger partial charge in [0, 0.05) is 12.4 Å². The molecular formula is C9H14N2O2. The summed E-state index contributed by atoms with van der Waals surface area (Å²) in [4.78, 5) is 11.4. The van der Waals surface area contributed by atoms with Gasteiger partial charge < -0.3 is 4.74 Å². The van der Waals surface area contributed by atoms with Gasteiger partial charge in [-0.15, -0.1) is 0 Å². The molecule has 1 aromatic heterocycles. The Morgan fingerprint density at radius 3 is 2.85 bits per heavy atom. The predicted octanol–water partition coefficient (Wildman–Crippen LogP) is 1.40. The Morgan fingerprint density at radius 1 is 1.62 bits per heavy atom. The first-order valence-electron chi connectivity index (χ1n) is 4.45. The van der Waals surface area contributed by atoms with Gasteiger partial charge >= 0.3 is 5.97 Å². The maximum Gasteiger partial charge on any atom is 0.330 e. The molecule has 0 aliphatic heterocycles. The van der Waals surface area contributed by atoms with Crippen molar-refractivity contribution < 1.29 is 9.53 Å². The quantitative estimate of drug-likeness (QED) is 0.661. The summed E-state index contributed by atoms with van der Waals surface area (Å²) < 4.78 is 6.54. The van der Waals surface area contributed by atoms with Crippen LogP contribution in [0.15, 0.2) is 18.5 Å². The van der Waals surface area contributed by atoms with E-state index < -0.39 is 0 Å². The van der Waals surface area contributed by atoms with E-state index >= 15 is 0 Å². The molecule has 0 N–H and O–H groups in total. The lowest BCUT2D eigenvalue weighted by Gasteiger charge is -2.13. The van der Waals surface area contributed by atoms with Gasteiger partial charge in [-0.2, -0.15) is 5.10 Å². The molecule has 1 aromatic rings. The minimum atomic E-state index is -0.282. The average molecular weight is 182 g/mol. The molecule has 0 amide bonds. The van der Waals surface area contributed by atoms with Crippen LogP contribution in [0.3, 0.4) is 0 Å². The van der Waals surface area contributed by atoms with E-state index in [1.165, 1.54) is 0 Å². The van der Waals surface area contributed by atoms with Crippen LogP contribution in [0.2, 0.25) is 0 Å². The smallest absolute Gasteiger partial charge is 0.330 e. The van der Waals surface area contributed by atoms with Crippen LogP contribution in [-0.2, 0) is 9.53 Å². The van der Waals surface area contributed by atoms with E-state index in [9.17, 15) is 4.79 Å². The molecule has 0 bridgehead atoms. The molecule has 1 rings (SSSR count). The maximum atomic E-state index is 11.4. The summed E-state index contributed by atoms with van der Waals surface area (Å²) >= 11 is 0. The van der Waals surface area contributed by atoms with Gasteiger partial charge in [0.1, 0.15) is 6.04 Å². The second-order valence-corrected chi connectivity index (χ2v) is 2.66. The van der Waals surface area contributed by atoms with Gasteiger partial charge in [0.15, 0.2) is 0 Å². The Balaban J connectivity index is 2.68. The normalized spacial score (nSPS) is 12.5. The fourth-order valence-corrected chi connectivity index (χ4v) is 1.17. The van der Waals surface area contributed by atoms with E-state index in [0.717, 1.165) is 0 Å². The third kappa shape index (κ3) is 2.31. The zero-order valence-corrected chi connectivity index (χ0v) is 7.93. The van der Waals surface area contributed by atoms with Crippen LogP contribution in [-0.4, -0.2) is 22.4 Å². The van der Waals surface area contributed by atoms with Crippen LogP contribution in [0, 0.1) is 0 Å². The van der Waals surface area contributed by atoms with E-state index in [2.05, 4.69) is 5.10 Å². The first kappa shape index (κ1) is 9.77. The van der Waals surface area contributed by atoms with Crippen LogP contribution in [0.4, 0.5) is 0 Å². The SMILES string of the molecule is CCOC(=O)C(CC)n1cccn1. The molecule has 0 spiro atoms. The number of carbonyl (C=O) groups is 1. The molecule has 0 aliphatic rings. The van der Waals surface area contributed by atoms with Gasteiger partial charge in [-0.25, -0.2) is 4.79 Å². The lowest BCUT2D eigenvalue weighted by atomic mass is 10.2. The first-order chi connectivity index (χ1) is 6.29. The van der Waals surface area contributed by atoms with Crippen LogP contribution in [0.1, 0.15) is 26.3 Å². The highest BCUT2D eigenvalue weighted by molar-refractivity contribution is 5.73. The minimum Gasteiger partial charge on any atom is -0.464 e. The number of hydrogen-bond acceptors (Lipinski definition) is 3. The van der Waals surface area contributed by atoms with Crippen molar-refractivity contribution in [3.63, 3.8) is 0 Å². The molecule has 4 heteroatoms. The molecule has 0 fully saturated rings. The lowest BCUT2D eigenvalue weighted by Crippen LogP contribution is -2.21. The van der Waals surface area contributed by atoms with E-state index in [-0.39, 0.29) is 12.0 Å². The third-order valence-corrected chi connectivity index (χ3v) is 1.79. The van der Waals surface area contributed by atoms with Crippen molar-refractivity contribution in [1.82, 2.24) is 9.78 Å². The highest BCUT2D eigenvalue weighted by Gasteiger charge is 2.19. The third-order valence-electron chi connectivity index (χ3n) is 1.79. The second kappa shape index (κ2) is 4.64. The Hall–Kier alpha value is -1.32. The molecule has 0 saturated heterocycles. The van der Waals surface area contributed by atoms with Crippen molar-refractivity contribution in [1.29, 1.82) is 0 Å². The fourth-order valence-electron chi connectivity index (χ4n) is 1.17. The van der Waals surface area contributed by atoms with Crippen molar-refractivity contribution in [3.05, 3.63) is 18.5 Å². The van der Waals surface area contributed by atoms with Crippen molar-refractivity contribution in [2.75, 3.05) is 6.61 Å². The van der Waals surface area contributed by atoms with E-state index in [1.54, 1.807) is 30.1 Å². The van der Waals surface area contributed by atoms with Crippen molar-refractivity contribution >= 4 is 5.97 Å². The topological polar surface area (TPSA) is 44.1 Å². The number of hydrogen-bond donors (Lipinski definition) is 0. The number of nitrogens with zero attached hydrogens (tertiary/aromatic N) is 2. The van der Waals surface area contributed by atoms with E-state index in [1.807, 2.05) is 6.92 Å². The number of rotatable bonds is 4. The van der Waals surface area contributed by atoms with Gasteiger partial charge in [-0.1, -0.05) is 6.92 Å². The zero-order chi connectivity index (χ0) is 9.68. The molecule has 13 heavy (non-hydrogen) atoms. The minimum absolute atomic E-state index is 0.214. The van der Waals surface area contributed by atoms with Gasteiger partial charge in [0.25, 0.3) is 0 Å². The van der Waals surface area contributed by atoms with Crippen LogP contribution >= 0.6 is 0 Å². The van der Waals surface area contributed by atoms with Gasteiger partial charge in [0.2, 0.25) is 0 Å². The largest absolute Gasteiger partial charge is 0.464 e. The number of aromatic nitrogens is 2. The van der Waals surface area contributed by atoms with Gasteiger partial charge in [-0.05, 0) is 19.4 Å². The monoisotopic (exact) mass is 182 g/mol. The number of carbonyl (C=O) groups excluding carboxylic acids is 1. The summed E-state index contributed by atoms with van der Waals surface area (Å²) in [5.41, 5.74) is 0. The molecule has 0 aliphatic carbocycles. The second-order valence-electron chi connectivity index (χ2n) is 2.66. The van der Waals surface area contributed by atoms with E-state index in [0.29, 0.717) is 13.0 Å². The molecule has 0 saturated carbocycles.